The van der Waals surface area contributed by atoms with Gasteiger partial charge in [0.2, 0.25) is 0 Å². The number of phenols is 1. The lowest BCUT2D eigenvalue weighted by atomic mass is 10.2. The molecule has 1 amide bonds. The Morgan fingerprint density at radius 1 is 1.10 bits per heavy atom. The zero-order chi connectivity index (χ0) is 15.2. The van der Waals surface area contributed by atoms with Crippen molar-refractivity contribution >= 4 is 6.09 Å². The van der Waals surface area contributed by atoms with Gasteiger partial charge in [-0.05, 0) is 43.7 Å². The number of carbonyl (C=O) groups excluding carboxylic acids is 1. The van der Waals surface area contributed by atoms with Gasteiger partial charge < -0.3 is 14.7 Å². The van der Waals surface area contributed by atoms with E-state index in [1.807, 2.05) is 26.0 Å². The molecule has 0 aromatic heterocycles. The van der Waals surface area contributed by atoms with Gasteiger partial charge in [-0.25, -0.2) is 4.79 Å². The highest BCUT2D eigenvalue weighted by molar-refractivity contribution is 5.70. The molecule has 0 radical (unpaired) electrons. The molecule has 0 heterocycles. The van der Waals surface area contributed by atoms with Crippen LogP contribution < -0.4 is 4.74 Å². The summed E-state index contributed by atoms with van der Waals surface area (Å²) in [5.74, 6) is 0.749. The average molecular weight is 285 g/mol. The SMILES string of the molecule is CCN(Cc1ccc(O)cc1)C(=O)Oc1ccc(C)cc1. The molecule has 0 aliphatic rings. The smallest absolute Gasteiger partial charge is 0.415 e. The second-order valence-corrected chi connectivity index (χ2v) is 4.86. The highest BCUT2D eigenvalue weighted by Gasteiger charge is 2.14. The van der Waals surface area contributed by atoms with Crippen LogP contribution in [-0.4, -0.2) is 22.6 Å². The van der Waals surface area contributed by atoms with Gasteiger partial charge in [-0.3, -0.25) is 0 Å². The summed E-state index contributed by atoms with van der Waals surface area (Å²) >= 11 is 0. The first-order valence-corrected chi connectivity index (χ1v) is 6.90. The first-order valence-electron chi connectivity index (χ1n) is 6.90. The molecule has 21 heavy (non-hydrogen) atoms. The lowest BCUT2D eigenvalue weighted by Crippen LogP contribution is -2.32. The molecule has 0 spiro atoms. The molecule has 0 atom stereocenters. The number of ether oxygens (including phenoxy) is 1. The number of carbonyl (C=O) groups is 1. The van der Waals surface area contributed by atoms with Gasteiger partial charge in [-0.1, -0.05) is 29.8 Å². The summed E-state index contributed by atoms with van der Waals surface area (Å²) in [6, 6.07) is 14.2. The molecule has 0 aliphatic carbocycles. The highest BCUT2D eigenvalue weighted by Crippen LogP contribution is 2.15. The van der Waals surface area contributed by atoms with E-state index in [1.54, 1.807) is 41.3 Å². The summed E-state index contributed by atoms with van der Waals surface area (Å²) < 4.78 is 5.36. The van der Waals surface area contributed by atoms with Crippen LogP contribution in [0.3, 0.4) is 0 Å². The quantitative estimate of drug-likeness (QED) is 0.931. The van der Waals surface area contributed by atoms with Crippen LogP contribution in [-0.2, 0) is 6.54 Å². The normalized spacial score (nSPS) is 10.2. The van der Waals surface area contributed by atoms with Gasteiger partial charge in [0, 0.05) is 13.1 Å². The van der Waals surface area contributed by atoms with E-state index in [2.05, 4.69) is 0 Å². The number of nitrogens with zero attached hydrogens (tertiary/aromatic N) is 1. The van der Waals surface area contributed by atoms with E-state index >= 15 is 0 Å². The number of benzene rings is 2. The second-order valence-electron chi connectivity index (χ2n) is 4.86. The van der Waals surface area contributed by atoms with Gasteiger partial charge in [0.1, 0.15) is 11.5 Å². The predicted molar refractivity (Wildman–Crippen MR) is 81.4 cm³/mol. The summed E-state index contributed by atoms with van der Waals surface area (Å²) in [6.45, 7) is 4.87. The van der Waals surface area contributed by atoms with Crippen LogP contribution in [0.1, 0.15) is 18.1 Å². The Bertz CT molecular complexity index is 590. The Morgan fingerprint density at radius 2 is 1.71 bits per heavy atom. The molecule has 0 saturated carbocycles. The lowest BCUT2D eigenvalue weighted by molar-refractivity contribution is 0.152. The molecule has 2 aromatic carbocycles. The maximum Gasteiger partial charge on any atom is 0.415 e. The zero-order valence-electron chi connectivity index (χ0n) is 12.2. The molecule has 0 fully saturated rings. The molecule has 2 aromatic rings. The Labute approximate surface area is 124 Å². The summed E-state index contributed by atoms with van der Waals surface area (Å²) in [7, 11) is 0. The molecule has 0 unspecified atom stereocenters. The van der Waals surface area contributed by atoms with Crippen molar-refractivity contribution in [3.05, 3.63) is 59.7 Å². The van der Waals surface area contributed by atoms with Gasteiger partial charge in [0.25, 0.3) is 0 Å². The predicted octanol–water partition coefficient (Wildman–Crippen LogP) is 3.72. The summed E-state index contributed by atoms with van der Waals surface area (Å²) in [5, 5.41) is 9.27. The van der Waals surface area contributed by atoms with Crippen molar-refractivity contribution in [3.63, 3.8) is 0 Å². The van der Waals surface area contributed by atoms with Crippen LogP contribution in [0.15, 0.2) is 48.5 Å². The minimum Gasteiger partial charge on any atom is -0.508 e. The molecule has 4 heteroatoms. The molecular weight excluding hydrogens is 266 g/mol. The van der Waals surface area contributed by atoms with Crippen molar-refractivity contribution < 1.29 is 14.6 Å². The zero-order valence-corrected chi connectivity index (χ0v) is 12.2. The summed E-state index contributed by atoms with van der Waals surface area (Å²) in [4.78, 5) is 13.8. The van der Waals surface area contributed by atoms with Gasteiger partial charge in [0.05, 0.1) is 0 Å². The third-order valence-electron chi connectivity index (χ3n) is 3.18. The van der Waals surface area contributed by atoms with E-state index in [4.69, 9.17) is 4.74 Å². The van der Waals surface area contributed by atoms with E-state index < -0.39 is 0 Å². The van der Waals surface area contributed by atoms with Crippen LogP contribution in [0.25, 0.3) is 0 Å². The molecule has 0 bridgehead atoms. The van der Waals surface area contributed by atoms with E-state index in [9.17, 15) is 9.90 Å². The maximum absolute atomic E-state index is 12.2. The van der Waals surface area contributed by atoms with Gasteiger partial charge in [0.15, 0.2) is 0 Å². The van der Waals surface area contributed by atoms with E-state index in [-0.39, 0.29) is 11.8 Å². The van der Waals surface area contributed by atoms with Crippen molar-refractivity contribution in [1.82, 2.24) is 4.90 Å². The number of hydrogen-bond donors (Lipinski definition) is 1. The fourth-order valence-corrected chi connectivity index (χ4v) is 1.90. The first-order chi connectivity index (χ1) is 10.1. The fraction of sp³-hybridized carbons (Fsp3) is 0.235. The Morgan fingerprint density at radius 3 is 2.29 bits per heavy atom. The van der Waals surface area contributed by atoms with Crippen molar-refractivity contribution in [3.8, 4) is 11.5 Å². The van der Waals surface area contributed by atoms with Gasteiger partial charge in [-0.15, -0.1) is 0 Å². The van der Waals surface area contributed by atoms with Crippen molar-refractivity contribution in [2.75, 3.05) is 6.54 Å². The topological polar surface area (TPSA) is 49.8 Å². The average Bonchev–Trinajstić information content (AvgIpc) is 2.49. The molecule has 0 aliphatic heterocycles. The minimum absolute atomic E-state index is 0.212. The molecule has 0 saturated heterocycles. The monoisotopic (exact) mass is 285 g/mol. The number of aromatic hydroxyl groups is 1. The molecule has 110 valence electrons. The maximum atomic E-state index is 12.2. The van der Waals surface area contributed by atoms with Gasteiger partial charge in [-0.2, -0.15) is 0 Å². The van der Waals surface area contributed by atoms with E-state index in [0.717, 1.165) is 11.1 Å². The third-order valence-corrected chi connectivity index (χ3v) is 3.18. The fourth-order valence-electron chi connectivity index (χ4n) is 1.90. The largest absolute Gasteiger partial charge is 0.508 e. The minimum atomic E-state index is -0.380. The Hall–Kier alpha value is -2.49. The van der Waals surface area contributed by atoms with Crippen LogP contribution >= 0.6 is 0 Å². The van der Waals surface area contributed by atoms with Crippen LogP contribution in [0.4, 0.5) is 4.79 Å². The van der Waals surface area contributed by atoms with E-state index in [1.165, 1.54) is 0 Å². The molecule has 1 N–H and O–H groups in total. The van der Waals surface area contributed by atoms with Crippen LogP contribution in [0.5, 0.6) is 11.5 Å². The van der Waals surface area contributed by atoms with Crippen molar-refractivity contribution in [1.29, 1.82) is 0 Å². The van der Waals surface area contributed by atoms with Crippen molar-refractivity contribution in [2.45, 2.75) is 20.4 Å². The molecule has 4 nitrogen and oxygen atoms in total. The summed E-state index contributed by atoms with van der Waals surface area (Å²) in [6.07, 6.45) is -0.380. The Kier molecular flexibility index (Phi) is 4.82. The summed E-state index contributed by atoms with van der Waals surface area (Å²) in [5.41, 5.74) is 2.06. The number of aryl methyl sites for hydroxylation is 1. The number of phenolic OH excluding ortho intramolecular Hbond substituents is 1. The van der Waals surface area contributed by atoms with Crippen LogP contribution in [0.2, 0.25) is 0 Å². The second kappa shape index (κ2) is 6.79. The highest BCUT2D eigenvalue weighted by atomic mass is 16.6. The third kappa shape index (κ3) is 4.24. The number of hydrogen-bond acceptors (Lipinski definition) is 3. The van der Waals surface area contributed by atoms with Crippen molar-refractivity contribution in [2.24, 2.45) is 0 Å². The van der Waals surface area contributed by atoms with Gasteiger partial charge >= 0.3 is 6.09 Å². The number of rotatable bonds is 4. The lowest BCUT2D eigenvalue weighted by Gasteiger charge is -2.20. The number of amides is 1. The molecular formula is C17H19NO3. The first kappa shape index (κ1) is 14.9. The standard InChI is InChI=1S/C17H19NO3/c1-3-18(12-14-6-8-15(19)9-7-14)17(20)21-16-10-4-13(2)5-11-16/h4-11,19H,3,12H2,1-2H3. The molecule has 2 rings (SSSR count). The van der Waals surface area contributed by atoms with Crippen LogP contribution in [0, 0.1) is 6.92 Å². The van der Waals surface area contributed by atoms with E-state index in [0.29, 0.717) is 18.8 Å². The Balaban J connectivity index is 2.01.